The number of epoxide rings is 1. The summed E-state index contributed by atoms with van der Waals surface area (Å²) in [5.41, 5.74) is 3.06. The maximum absolute atomic E-state index is 8.97. The molecule has 80 valence electrons. The van der Waals surface area contributed by atoms with Gasteiger partial charge in [-0.15, -0.1) is 11.5 Å². The van der Waals surface area contributed by atoms with Crippen molar-refractivity contribution in [3.05, 3.63) is 0 Å². The van der Waals surface area contributed by atoms with Crippen molar-refractivity contribution in [3.63, 3.8) is 0 Å². The summed E-state index contributed by atoms with van der Waals surface area (Å²) in [4.78, 5) is 0. The van der Waals surface area contributed by atoms with Gasteiger partial charge in [-0.3, -0.25) is 0 Å². The zero-order chi connectivity index (χ0) is 10.8. The SMILES string of the molecule is CC1(CO)OC1CCC#C[Si](C)(C)C. The highest BCUT2D eigenvalue weighted by atomic mass is 28.3. The summed E-state index contributed by atoms with van der Waals surface area (Å²) in [6.45, 7) is 8.80. The Morgan fingerprint density at radius 1 is 1.43 bits per heavy atom. The van der Waals surface area contributed by atoms with Crippen LogP contribution in [0.1, 0.15) is 19.8 Å². The van der Waals surface area contributed by atoms with Crippen LogP contribution in [0.4, 0.5) is 0 Å². The molecule has 1 aliphatic rings. The van der Waals surface area contributed by atoms with Gasteiger partial charge in [0.2, 0.25) is 0 Å². The molecular weight excluding hydrogens is 192 g/mol. The van der Waals surface area contributed by atoms with Crippen LogP contribution in [0.3, 0.4) is 0 Å². The first-order valence-corrected chi connectivity index (χ1v) is 8.66. The molecule has 1 heterocycles. The van der Waals surface area contributed by atoms with Crippen molar-refractivity contribution >= 4 is 8.07 Å². The first-order valence-electron chi connectivity index (χ1n) is 5.16. The van der Waals surface area contributed by atoms with E-state index >= 15 is 0 Å². The number of aliphatic hydroxyl groups excluding tert-OH is 1. The van der Waals surface area contributed by atoms with Crippen LogP contribution in [-0.2, 0) is 4.74 Å². The molecule has 0 aliphatic carbocycles. The van der Waals surface area contributed by atoms with Gasteiger partial charge in [-0.25, -0.2) is 0 Å². The van der Waals surface area contributed by atoms with Crippen LogP contribution >= 0.6 is 0 Å². The van der Waals surface area contributed by atoms with Crippen LogP contribution in [0.25, 0.3) is 0 Å². The van der Waals surface area contributed by atoms with Gasteiger partial charge in [0.25, 0.3) is 0 Å². The van der Waals surface area contributed by atoms with Crippen LogP contribution in [0, 0.1) is 11.5 Å². The number of hydrogen-bond acceptors (Lipinski definition) is 2. The van der Waals surface area contributed by atoms with E-state index in [2.05, 4.69) is 31.1 Å². The second-order valence-electron chi connectivity index (χ2n) is 5.17. The van der Waals surface area contributed by atoms with Crippen molar-refractivity contribution < 1.29 is 9.84 Å². The lowest BCUT2D eigenvalue weighted by atomic mass is 10.1. The highest BCUT2D eigenvalue weighted by Crippen LogP contribution is 2.38. The summed E-state index contributed by atoms with van der Waals surface area (Å²) in [6, 6.07) is 0. The van der Waals surface area contributed by atoms with E-state index in [1.807, 2.05) is 6.92 Å². The smallest absolute Gasteiger partial charge is 0.129 e. The second kappa shape index (κ2) is 4.06. The molecule has 0 aromatic heterocycles. The van der Waals surface area contributed by atoms with E-state index in [0.717, 1.165) is 12.8 Å². The van der Waals surface area contributed by atoms with Gasteiger partial charge >= 0.3 is 0 Å². The van der Waals surface area contributed by atoms with E-state index in [1.165, 1.54) is 0 Å². The molecule has 3 heteroatoms. The minimum Gasteiger partial charge on any atom is -0.393 e. The maximum Gasteiger partial charge on any atom is 0.129 e. The fourth-order valence-corrected chi connectivity index (χ4v) is 1.98. The fourth-order valence-electron chi connectivity index (χ4n) is 1.33. The predicted octanol–water partition coefficient (Wildman–Crippen LogP) is 1.80. The molecule has 1 fully saturated rings. The van der Waals surface area contributed by atoms with E-state index in [9.17, 15) is 0 Å². The minimum atomic E-state index is -1.20. The van der Waals surface area contributed by atoms with E-state index in [0.29, 0.717) is 0 Å². The quantitative estimate of drug-likeness (QED) is 0.439. The lowest BCUT2D eigenvalue weighted by Crippen LogP contribution is -2.16. The highest BCUT2D eigenvalue weighted by Gasteiger charge is 2.50. The van der Waals surface area contributed by atoms with Crippen molar-refractivity contribution in [1.29, 1.82) is 0 Å². The van der Waals surface area contributed by atoms with Crippen LogP contribution in [-0.4, -0.2) is 31.5 Å². The molecule has 0 aromatic rings. The van der Waals surface area contributed by atoms with Crippen LogP contribution < -0.4 is 0 Å². The van der Waals surface area contributed by atoms with Gasteiger partial charge in [-0.1, -0.05) is 19.6 Å². The predicted molar refractivity (Wildman–Crippen MR) is 60.7 cm³/mol. The highest BCUT2D eigenvalue weighted by molar-refractivity contribution is 6.83. The third kappa shape index (κ3) is 3.45. The molecule has 14 heavy (non-hydrogen) atoms. The Bertz CT molecular complexity index is 259. The number of hydrogen-bond donors (Lipinski definition) is 1. The Labute approximate surface area is 87.7 Å². The van der Waals surface area contributed by atoms with Crippen LogP contribution in [0.2, 0.25) is 19.6 Å². The Kier molecular flexibility index (Phi) is 3.41. The van der Waals surface area contributed by atoms with Gasteiger partial charge in [-0.2, -0.15) is 0 Å². The van der Waals surface area contributed by atoms with Crippen molar-refractivity contribution in [2.75, 3.05) is 6.61 Å². The topological polar surface area (TPSA) is 32.8 Å². The Balaban J connectivity index is 2.21. The molecule has 2 unspecified atom stereocenters. The number of rotatable bonds is 3. The monoisotopic (exact) mass is 212 g/mol. The molecule has 2 atom stereocenters. The summed E-state index contributed by atoms with van der Waals surface area (Å²) in [5, 5.41) is 8.97. The Morgan fingerprint density at radius 2 is 2.07 bits per heavy atom. The van der Waals surface area contributed by atoms with E-state index in [1.54, 1.807) is 0 Å². The zero-order valence-corrected chi connectivity index (χ0v) is 10.6. The third-order valence-corrected chi connectivity index (χ3v) is 3.27. The first kappa shape index (κ1) is 11.8. The second-order valence-corrected chi connectivity index (χ2v) is 9.92. The summed E-state index contributed by atoms with van der Waals surface area (Å²) in [7, 11) is -1.20. The summed E-state index contributed by atoms with van der Waals surface area (Å²) in [6.07, 6.45) is 2.07. The lowest BCUT2D eigenvalue weighted by molar-refractivity contribution is 0.184. The molecule has 2 nitrogen and oxygen atoms in total. The standard InChI is InChI=1S/C11H20O2Si/c1-11(9-12)10(13-11)7-5-6-8-14(2,3)4/h10,12H,5,7,9H2,1-4H3. The Morgan fingerprint density at radius 3 is 2.50 bits per heavy atom. The number of ether oxygens (including phenoxy) is 1. The molecule has 0 amide bonds. The van der Waals surface area contributed by atoms with Crippen molar-refractivity contribution in [3.8, 4) is 11.5 Å². The third-order valence-electron chi connectivity index (χ3n) is 2.34. The molecular formula is C11H20O2Si. The maximum atomic E-state index is 8.97. The van der Waals surface area contributed by atoms with E-state index < -0.39 is 8.07 Å². The van der Waals surface area contributed by atoms with Crippen LogP contribution in [0.15, 0.2) is 0 Å². The molecule has 0 radical (unpaired) electrons. The summed E-state index contributed by atoms with van der Waals surface area (Å²) in [5.74, 6) is 3.21. The van der Waals surface area contributed by atoms with Crippen LogP contribution in [0.5, 0.6) is 0 Å². The zero-order valence-electron chi connectivity index (χ0n) is 9.55. The van der Waals surface area contributed by atoms with Gasteiger partial charge in [0.1, 0.15) is 13.7 Å². The Hall–Kier alpha value is -0.303. The average Bonchev–Trinajstić information content (AvgIpc) is 2.71. The van der Waals surface area contributed by atoms with E-state index in [4.69, 9.17) is 9.84 Å². The largest absolute Gasteiger partial charge is 0.393 e. The fraction of sp³-hybridized carbons (Fsp3) is 0.818. The molecule has 0 saturated carbocycles. The molecule has 1 aliphatic heterocycles. The average molecular weight is 212 g/mol. The lowest BCUT2D eigenvalue weighted by Gasteiger charge is -2.03. The molecule has 1 saturated heterocycles. The molecule has 0 bridgehead atoms. The van der Waals surface area contributed by atoms with Gasteiger partial charge in [0.05, 0.1) is 12.7 Å². The molecule has 1 rings (SSSR count). The molecule has 0 spiro atoms. The number of aliphatic hydroxyl groups is 1. The van der Waals surface area contributed by atoms with Gasteiger partial charge in [-0.05, 0) is 13.3 Å². The summed E-state index contributed by atoms with van der Waals surface area (Å²) >= 11 is 0. The van der Waals surface area contributed by atoms with E-state index in [-0.39, 0.29) is 18.3 Å². The summed E-state index contributed by atoms with van der Waals surface area (Å²) < 4.78 is 5.38. The minimum absolute atomic E-state index is 0.124. The van der Waals surface area contributed by atoms with Gasteiger partial charge in [0.15, 0.2) is 0 Å². The normalized spacial score (nSPS) is 30.8. The first-order chi connectivity index (χ1) is 6.37. The van der Waals surface area contributed by atoms with Gasteiger partial charge < -0.3 is 9.84 Å². The van der Waals surface area contributed by atoms with Crippen molar-refractivity contribution in [2.24, 2.45) is 0 Å². The molecule has 0 aromatic carbocycles. The van der Waals surface area contributed by atoms with Gasteiger partial charge in [0, 0.05) is 6.42 Å². The molecule has 1 N–H and O–H groups in total. The van der Waals surface area contributed by atoms with Crippen molar-refractivity contribution in [2.45, 2.75) is 51.1 Å². The van der Waals surface area contributed by atoms with Crippen molar-refractivity contribution in [1.82, 2.24) is 0 Å².